The molecule has 1 N–H and O–H groups in total. The van der Waals surface area contributed by atoms with Crippen LogP contribution in [-0.4, -0.2) is 23.3 Å². The maximum Gasteiger partial charge on any atom is 0.255 e. The number of rotatable bonds is 6. The Bertz CT molecular complexity index is 1110. The van der Waals surface area contributed by atoms with Gasteiger partial charge < -0.3 is 14.8 Å². The van der Waals surface area contributed by atoms with Crippen LogP contribution >= 0.6 is 0 Å². The van der Waals surface area contributed by atoms with Crippen LogP contribution in [0.3, 0.4) is 0 Å². The van der Waals surface area contributed by atoms with Crippen LogP contribution in [0.4, 0.5) is 5.69 Å². The van der Waals surface area contributed by atoms with Gasteiger partial charge in [0.2, 0.25) is 0 Å². The van der Waals surface area contributed by atoms with Gasteiger partial charge in [-0.05, 0) is 52.3 Å². The van der Waals surface area contributed by atoms with Gasteiger partial charge in [0.15, 0.2) is 17.0 Å². The number of hydrogen-bond donors (Lipinski definition) is 1. The van der Waals surface area contributed by atoms with Crippen molar-refractivity contribution in [2.24, 2.45) is 0 Å². The largest absolute Gasteiger partial charge is 0.493 e. The molecule has 28 heavy (non-hydrogen) atoms. The highest BCUT2D eigenvalue weighted by molar-refractivity contribution is 6.07. The van der Waals surface area contributed by atoms with E-state index in [1.807, 2.05) is 36.4 Å². The zero-order valence-electron chi connectivity index (χ0n) is 15.1. The predicted octanol–water partition coefficient (Wildman–Crippen LogP) is 4.06. The second-order valence-corrected chi connectivity index (χ2v) is 6.03. The van der Waals surface area contributed by atoms with E-state index in [-0.39, 0.29) is 5.91 Å². The number of fused-ring (bicyclic) bond motifs is 1. The summed E-state index contributed by atoms with van der Waals surface area (Å²) in [5, 5.41) is 10.4. The highest BCUT2D eigenvalue weighted by Crippen LogP contribution is 2.26. The first-order valence-corrected chi connectivity index (χ1v) is 8.62. The lowest BCUT2D eigenvalue weighted by Crippen LogP contribution is -2.12. The van der Waals surface area contributed by atoms with E-state index in [4.69, 9.17) is 14.1 Å². The number of para-hydroxylation sites is 2. The molecule has 4 aromatic rings. The number of methoxy groups -OCH3 is 1. The highest BCUT2D eigenvalue weighted by atomic mass is 16.6. The summed E-state index contributed by atoms with van der Waals surface area (Å²) in [5.41, 5.74) is 3.10. The topological polar surface area (TPSA) is 86.5 Å². The monoisotopic (exact) mass is 375 g/mol. The summed E-state index contributed by atoms with van der Waals surface area (Å²) in [6.07, 6.45) is 0. The highest BCUT2D eigenvalue weighted by Gasteiger charge is 2.11. The zero-order valence-corrected chi connectivity index (χ0v) is 15.1. The first-order valence-electron chi connectivity index (χ1n) is 8.62. The standard InChI is InChI=1S/C21H17N3O4/c1-26-18-7-2-3-8-19(18)27-13-14-9-11-15(12-10-14)21(25)22-16-5-4-6-17-20(16)24-28-23-17/h2-12H,13H2,1H3,(H,22,25). The van der Waals surface area contributed by atoms with Crippen LogP contribution in [-0.2, 0) is 6.61 Å². The van der Waals surface area contributed by atoms with Crippen LogP contribution in [0.2, 0.25) is 0 Å². The second-order valence-electron chi connectivity index (χ2n) is 6.03. The minimum atomic E-state index is -0.243. The fourth-order valence-corrected chi connectivity index (χ4v) is 2.75. The molecule has 3 aromatic carbocycles. The van der Waals surface area contributed by atoms with Gasteiger partial charge in [-0.3, -0.25) is 4.79 Å². The molecule has 0 aliphatic heterocycles. The van der Waals surface area contributed by atoms with Gasteiger partial charge in [-0.15, -0.1) is 0 Å². The molecule has 1 aromatic heterocycles. The number of aromatic nitrogens is 2. The van der Waals surface area contributed by atoms with Gasteiger partial charge in [0.05, 0.1) is 12.8 Å². The Balaban J connectivity index is 1.42. The van der Waals surface area contributed by atoms with E-state index < -0.39 is 0 Å². The van der Waals surface area contributed by atoms with Gasteiger partial charge in [-0.25, -0.2) is 4.63 Å². The maximum absolute atomic E-state index is 12.5. The van der Waals surface area contributed by atoms with Gasteiger partial charge in [-0.1, -0.05) is 30.3 Å². The number of amides is 1. The summed E-state index contributed by atoms with van der Waals surface area (Å²) in [6, 6.07) is 19.9. The SMILES string of the molecule is COc1ccccc1OCc1ccc(C(=O)Nc2cccc3nonc23)cc1. The summed E-state index contributed by atoms with van der Waals surface area (Å²) >= 11 is 0. The Labute approximate surface area is 160 Å². The number of hydrogen-bond acceptors (Lipinski definition) is 6. The van der Waals surface area contributed by atoms with Gasteiger partial charge in [0.1, 0.15) is 12.1 Å². The van der Waals surface area contributed by atoms with E-state index in [2.05, 4.69) is 15.6 Å². The van der Waals surface area contributed by atoms with Gasteiger partial charge in [0.25, 0.3) is 5.91 Å². The molecule has 0 aliphatic rings. The van der Waals surface area contributed by atoms with Crippen LogP contribution in [0.25, 0.3) is 11.0 Å². The molecule has 7 heteroatoms. The summed E-state index contributed by atoms with van der Waals surface area (Å²) in [6.45, 7) is 0.367. The van der Waals surface area contributed by atoms with E-state index >= 15 is 0 Å². The summed E-state index contributed by atoms with van der Waals surface area (Å²) in [4.78, 5) is 12.5. The Hall–Kier alpha value is -3.87. The van der Waals surface area contributed by atoms with Gasteiger partial charge in [-0.2, -0.15) is 0 Å². The zero-order chi connectivity index (χ0) is 19.3. The van der Waals surface area contributed by atoms with Crippen molar-refractivity contribution >= 4 is 22.6 Å². The summed E-state index contributed by atoms with van der Waals surface area (Å²) in [5.74, 6) is 1.10. The van der Waals surface area contributed by atoms with Crippen molar-refractivity contribution in [3.63, 3.8) is 0 Å². The van der Waals surface area contributed by atoms with Crippen molar-refractivity contribution in [1.82, 2.24) is 10.3 Å². The molecule has 0 radical (unpaired) electrons. The first-order chi connectivity index (χ1) is 13.7. The minimum absolute atomic E-state index is 0.243. The molecule has 1 heterocycles. The first kappa shape index (κ1) is 17.5. The predicted molar refractivity (Wildman–Crippen MR) is 104 cm³/mol. The van der Waals surface area contributed by atoms with E-state index in [1.54, 1.807) is 37.4 Å². The van der Waals surface area contributed by atoms with E-state index in [0.29, 0.717) is 40.4 Å². The lowest BCUT2D eigenvalue weighted by atomic mass is 10.1. The number of nitrogens with zero attached hydrogens (tertiary/aromatic N) is 2. The van der Waals surface area contributed by atoms with Crippen LogP contribution in [0.1, 0.15) is 15.9 Å². The lowest BCUT2D eigenvalue weighted by Gasteiger charge is -2.11. The Morgan fingerprint density at radius 1 is 0.964 bits per heavy atom. The molecule has 0 saturated carbocycles. The van der Waals surface area contributed by atoms with Gasteiger partial charge in [0, 0.05) is 5.56 Å². The molecule has 1 amide bonds. The normalized spacial score (nSPS) is 10.6. The molecule has 7 nitrogen and oxygen atoms in total. The van der Waals surface area contributed by atoms with Crippen molar-refractivity contribution in [2.75, 3.05) is 12.4 Å². The van der Waals surface area contributed by atoms with E-state index in [1.165, 1.54) is 0 Å². The maximum atomic E-state index is 12.5. The van der Waals surface area contributed by atoms with Crippen molar-refractivity contribution in [1.29, 1.82) is 0 Å². The third-order valence-corrected chi connectivity index (χ3v) is 4.21. The molecular formula is C21H17N3O4. The smallest absolute Gasteiger partial charge is 0.255 e. The second kappa shape index (κ2) is 7.79. The number of ether oxygens (including phenoxy) is 2. The van der Waals surface area contributed by atoms with E-state index in [0.717, 1.165) is 5.56 Å². The third-order valence-electron chi connectivity index (χ3n) is 4.21. The molecule has 0 spiro atoms. The number of carbonyl (C=O) groups excluding carboxylic acids is 1. The van der Waals surface area contributed by atoms with E-state index in [9.17, 15) is 4.79 Å². The average molecular weight is 375 g/mol. The van der Waals surface area contributed by atoms with Gasteiger partial charge >= 0.3 is 0 Å². The fourth-order valence-electron chi connectivity index (χ4n) is 2.75. The Kier molecular flexibility index (Phi) is 4.88. The van der Waals surface area contributed by atoms with Crippen molar-refractivity contribution in [3.8, 4) is 11.5 Å². The molecule has 0 atom stereocenters. The number of nitrogens with one attached hydrogen (secondary N) is 1. The van der Waals surface area contributed by atoms with Crippen LogP contribution < -0.4 is 14.8 Å². The molecular weight excluding hydrogens is 358 g/mol. The molecule has 0 saturated heterocycles. The summed E-state index contributed by atoms with van der Waals surface area (Å²) < 4.78 is 15.8. The number of benzene rings is 3. The molecule has 0 fully saturated rings. The fraction of sp³-hybridized carbons (Fsp3) is 0.0952. The van der Waals surface area contributed by atoms with Crippen LogP contribution in [0.15, 0.2) is 71.4 Å². The quantitative estimate of drug-likeness (QED) is 0.547. The average Bonchev–Trinajstić information content (AvgIpc) is 3.23. The summed E-state index contributed by atoms with van der Waals surface area (Å²) in [7, 11) is 1.60. The molecule has 0 bridgehead atoms. The van der Waals surface area contributed by atoms with Crippen molar-refractivity contribution < 1.29 is 18.9 Å². The third kappa shape index (κ3) is 3.64. The molecule has 0 unspecified atom stereocenters. The van der Waals surface area contributed by atoms with Crippen LogP contribution in [0, 0.1) is 0 Å². The molecule has 0 aliphatic carbocycles. The lowest BCUT2D eigenvalue weighted by molar-refractivity contribution is 0.102. The molecule has 4 rings (SSSR count). The van der Waals surface area contributed by atoms with Crippen molar-refractivity contribution in [2.45, 2.75) is 6.61 Å². The number of carbonyl (C=O) groups is 1. The molecule has 140 valence electrons. The van der Waals surface area contributed by atoms with Crippen molar-refractivity contribution in [3.05, 3.63) is 77.9 Å². The Morgan fingerprint density at radius 2 is 1.75 bits per heavy atom. The Morgan fingerprint density at radius 3 is 2.54 bits per heavy atom. The minimum Gasteiger partial charge on any atom is -0.493 e. The van der Waals surface area contributed by atoms with Crippen LogP contribution in [0.5, 0.6) is 11.5 Å². The number of anilines is 1.